The van der Waals surface area contributed by atoms with Crippen LogP contribution in [0.1, 0.15) is 56.3 Å². The van der Waals surface area contributed by atoms with Crippen molar-refractivity contribution in [2.45, 2.75) is 57.5 Å². The van der Waals surface area contributed by atoms with E-state index < -0.39 is 27.8 Å². The molecule has 4 nitrogen and oxygen atoms in total. The minimum atomic E-state index is -4.34. The number of aryl methyl sites for hydroxylation is 1. The van der Waals surface area contributed by atoms with Crippen LogP contribution in [0.2, 0.25) is 0 Å². The Labute approximate surface area is 154 Å². The van der Waals surface area contributed by atoms with Gasteiger partial charge in [0, 0.05) is 22.7 Å². The highest BCUT2D eigenvalue weighted by Crippen LogP contribution is 2.35. The van der Waals surface area contributed by atoms with Gasteiger partial charge in [0.2, 0.25) is 0 Å². The number of aromatic nitrogens is 2. The number of imidazole rings is 1. The molecule has 1 aromatic heterocycles. The number of alkyl halides is 3. The quantitative estimate of drug-likeness (QED) is 0.810. The molecule has 3 rings (SSSR count). The smallest absolute Gasteiger partial charge is 0.416 e. The highest BCUT2D eigenvalue weighted by Gasteiger charge is 2.33. The molecule has 8 heteroatoms. The van der Waals surface area contributed by atoms with E-state index >= 15 is 0 Å². The number of rotatable bonds is 3. The molecule has 0 saturated carbocycles. The fourth-order valence-electron chi connectivity index (χ4n) is 3.05. The van der Waals surface area contributed by atoms with Crippen molar-refractivity contribution < 1.29 is 17.7 Å². The van der Waals surface area contributed by atoms with Crippen LogP contribution in [0.3, 0.4) is 0 Å². The van der Waals surface area contributed by atoms with Crippen LogP contribution in [0.15, 0.2) is 24.5 Å². The Morgan fingerprint density at radius 2 is 1.92 bits per heavy atom. The Morgan fingerprint density at radius 3 is 2.54 bits per heavy atom. The van der Waals surface area contributed by atoms with Crippen LogP contribution in [-0.2, 0) is 30.4 Å². The molecule has 2 atom stereocenters. The summed E-state index contributed by atoms with van der Waals surface area (Å²) < 4.78 is 55.6. The maximum Gasteiger partial charge on any atom is 0.416 e. The van der Waals surface area contributed by atoms with E-state index in [-0.39, 0.29) is 6.04 Å². The largest absolute Gasteiger partial charge is 0.598 e. The molecule has 0 aliphatic carbocycles. The average molecular weight is 385 g/mol. The Hall–Kier alpha value is -1.51. The van der Waals surface area contributed by atoms with Gasteiger partial charge in [-0.2, -0.15) is 13.2 Å². The number of hydrogen-bond donors (Lipinski definition) is 1. The van der Waals surface area contributed by atoms with Gasteiger partial charge >= 0.3 is 6.18 Å². The monoisotopic (exact) mass is 385 g/mol. The topological polar surface area (TPSA) is 52.9 Å². The molecule has 0 amide bonds. The maximum atomic E-state index is 12.9. The highest BCUT2D eigenvalue weighted by molar-refractivity contribution is 7.90. The van der Waals surface area contributed by atoms with Crippen molar-refractivity contribution in [3.05, 3.63) is 47.0 Å². The van der Waals surface area contributed by atoms with E-state index in [0.29, 0.717) is 18.4 Å². The molecular formula is C18H22F3N3OS. The molecule has 1 unspecified atom stereocenters. The van der Waals surface area contributed by atoms with Crippen LogP contribution in [-0.4, -0.2) is 18.9 Å². The molecule has 1 aliphatic rings. The number of nitrogens with zero attached hydrogens (tertiary/aromatic N) is 2. The third-order valence-electron chi connectivity index (χ3n) is 4.45. The van der Waals surface area contributed by atoms with E-state index in [0.717, 1.165) is 23.1 Å². The maximum absolute atomic E-state index is 12.9. The van der Waals surface area contributed by atoms with Crippen molar-refractivity contribution >= 4 is 11.4 Å². The van der Waals surface area contributed by atoms with Gasteiger partial charge in [-0.15, -0.1) is 4.72 Å². The summed E-state index contributed by atoms with van der Waals surface area (Å²) in [6, 6.07) is 3.60. The van der Waals surface area contributed by atoms with Crippen molar-refractivity contribution in [1.82, 2.24) is 14.3 Å². The van der Waals surface area contributed by atoms with Crippen molar-refractivity contribution in [1.29, 1.82) is 0 Å². The second-order valence-electron chi connectivity index (χ2n) is 7.51. The van der Waals surface area contributed by atoms with Crippen molar-refractivity contribution in [3.63, 3.8) is 0 Å². The van der Waals surface area contributed by atoms with E-state index in [9.17, 15) is 17.7 Å². The fraction of sp³-hybridized carbons (Fsp3) is 0.500. The third-order valence-corrected chi connectivity index (χ3v) is 6.13. The lowest BCUT2D eigenvalue weighted by Gasteiger charge is -2.27. The van der Waals surface area contributed by atoms with Gasteiger partial charge in [0.25, 0.3) is 0 Å². The summed E-state index contributed by atoms with van der Waals surface area (Å²) >= 11 is -1.24. The van der Waals surface area contributed by atoms with Gasteiger partial charge < -0.3 is 9.12 Å². The zero-order valence-corrected chi connectivity index (χ0v) is 16.0. The van der Waals surface area contributed by atoms with Crippen LogP contribution in [0, 0.1) is 0 Å². The molecule has 26 heavy (non-hydrogen) atoms. The number of nitrogens with one attached hydrogen (secondary N) is 1. The molecule has 1 aliphatic heterocycles. The normalized spacial score (nSPS) is 16.8. The second-order valence-corrected chi connectivity index (χ2v) is 9.51. The van der Waals surface area contributed by atoms with Gasteiger partial charge in [0.05, 0.1) is 23.6 Å². The molecule has 0 bridgehead atoms. The highest BCUT2D eigenvalue weighted by atomic mass is 32.2. The molecule has 2 heterocycles. The summed E-state index contributed by atoms with van der Waals surface area (Å²) in [7, 11) is 0. The Morgan fingerprint density at radius 1 is 1.23 bits per heavy atom. The van der Waals surface area contributed by atoms with E-state index in [1.54, 1.807) is 6.33 Å². The molecule has 0 saturated heterocycles. The summed E-state index contributed by atoms with van der Waals surface area (Å²) in [5.41, 5.74) is 2.49. The zero-order valence-electron chi connectivity index (χ0n) is 15.1. The summed E-state index contributed by atoms with van der Waals surface area (Å²) in [6.45, 7) is 7.56. The first-order valence-corrected chi connectivity index (χ1v) is 9.58. The van der Waals surface area contributed by atoms with Crippen molar-refractivity contribution in [2.75, 3.05) is 0 Å². The second kappa shape index (κ2) is 6.58. The summed E-state index contributed by atoms with van der Waals surface area (Å²) in [5.74, 6) is 0. The van der Waals surface area contributed by atoms with Gasteiger partial charge in [0.15, 0.2) is 0 Å². The standard InChI is InChI=1S/C18H22F3N3OS/c1-11(23-26(25)17(2,3)4)16-15-7-5-12-9-13(18(19,20)21)6-8-14(12)24(15)10-22-16/h6,8-11,23H,5,7H2,1-4H3/t11-,26?/m0/s1. The van der Waals surface area contributed by atoms with Gasteiger partial charge in [-0.05, 0) is 64.3 Å². The van der Waals surface area contributed by atoms with Gasteiger partial charge in [-0.1, -0.05) is 0 Å². The van der Waals surface area contributed by atoms with E-state index in [1.165, 1.54) is 12.1 Å². The van der Waals surface area contributed by atoms with E-state index in [4.69, 9.17) is 0 Å². The SMILES string of the molecule is C[C@H](N[S+]([O-])C(C)(C)C)c1ncn2c1CCc1cc(C(F)(F)F)ccc1-2. The Kier molecular flexibility index (Phi) is 4.87. The molecule has 0 fully saturated rings. The molecular weight excluding hydrogens is 363 g/mol. The van der Waals surface area contributed by atoms with Crippen molar-refractivity contribution in [3.8, 4) is 5.69 Å². The first kappa shape index (κ1) is 19.3. The number of hydrogen-bond acceptors (Lipinski definition) is 3. The molecule has 1 aromatic carbocycles. The van der Waals surface area contributed by atoms with Gasteiger partial charge in [-0.25, -0.2) is 4.98 Å². The van der Waals surface area contributed by atoms with E-state index in [2.05, 4.69) is 9.71 Å². The van der Waals surface area contributed by atoms with E-state index in [1.807, 2.05) is 32.3 Å². The summed E-state index contributed by atoms with van der Waals surface area (Å²) in [6.07, 6.45) is -1.59. The third kappa shape index (κ3) is 3.63. The van der Waals surface area contributed by atoms with Crippen molar-refractivity contribution in [2.24, 2.45) is 0 Å². The number of fused-ring (bicyclic) bond motifs is 3. The molecule has 2 aromatic rings. The molecule has 0 radical (unpaired) electrons. The minimum absolute atomic E-state index is 0.220. The van der Waals surface area contributed by atoms with Crippen LogP contribution >= 0.6 is 0 Å². The number of halogens is 3. The minimum Gasteiger partial charge on any atom is -0.598 e. The zero-order chi connectivity index (χ0) is 19.3. The predicted molar refractivity (Wildman–Crippen MR) is 95.4 cm³/mol. The molecule has 0 spiro atoms. The lowest BCUT2D eigenvalue weighted by atomic mass is 9.97. The Bertz CT molecular complexity index is 811. The van der Waals surface area contributed by atoms with Crippen LogP contribution in [0.25, 0.3) is 5.69 Å². The Balaban J connectivity index is 1.90. The van der Waals surface area contributed by atoms with Crippen LogP contribution < -0.4 is 4.72 Å². The molecule has 1 N–H and O–H groups in total. The van der Waals surface area contributed by atoms with Crippen LogP contribution in [0.5, 0.6) is 0 Å². The first-order chi connectivity index (χ1) is 12.0. The predicted octanol–water partition coefficient (Wildman–Crippen LogP) is 4.10. The van der Waals surface area contributed by atoms with Gasteiger partial charge in [0.1, 0.15) is 4.75 Å². The summed E-state index contributed by atoms with van der Waals surface area (Å²) in [4.78, 5) is 4.45. The summed E-state index contributed by atoms with van der Waals surface area (Å²) in [5, 5.41) is 0. The number of benzene rings is 1. The van der Waals surface area contributed by atoms with Crippen LogP contribution in [0.4, 0.5) is 13.2 Å². The molecule has 142 valence electrons. The van der Waals surface area contributed by atoms with Gasteiger partial charge in [-0.3, -0.25) is 0 Å². The average Bonchev–Trinajstić information content (AvgIpc) is 2.96. The first-order valence-electron chi connectivity index (χ1n) is 8.43. The fourth-order valence-corrected chi connectivity index (χ4v) is 3.83. The lowest BCUT2D eigenvalue weighted by molar-refractivity contribution is -0.137. The lowest BCUT2D eigenvalue weighted by Crippen LogP contribution is -2.40.